The minimum Gasteiger partial charge on any atom is -0.491 e. The van der Waals surface area contributed by atoms with Gasteiger partial charge in [-0.25, -0.2) is 8.42 Å². The molecule has 3 aromatic rings. The smallest absolute Gasteiger partial charge is 0.323 e. The predicted octanol–water partition coefficient (Wildman–Crippen LogP) is 4.95. The molecule has 0 amide bonds. The minimum atomic E-state index is -3.67. The average molecular weight is 503 g/mol. The average Bonchev–Trinajstić information content (AvgIpc) is 3.10. The molecule has 180 valence electrons. The first kappa shape index (κ1) is 24.3. The number of nitrogens with zero attached hydrogens (tertiary/aromatic N) is 2. The van der Waals surface area contributed by atoms with Crippen LogP contribution >= 0.6 is 11.6 Å². The highest BCUT2D eigenvalue weighted by atomic mass is 35.5. The summed E-state index contributed by atoms with van der Waals surface area (Å²) in [6.07, 6.45) is 4.21. The van der Waals surface area contributed by atoms with Crippen LogP contribution in [-0.2, 0) is 21.4 Å². The first-order valence-electron chi connectivity index (χ1n) is 11.0. The highest BCUT2D eigenvalue weighted by Gasteiger charge is 2.28. The normalized spacial score (nSPS) is 15.0. The van der Waals surface area contributed by atoms with Gasteiger partial charge in [0.15, 0.2) is 0 Å². The number of halogens is 1. The van der Waals surface area contributed by atoms with Crippen LogP contribution in [0.1, 0.15) is 31.4 Å². The number of carbonyl (C=O) groups is 1. The van der Waals surface area contributed by atoms with Gasteiger partial charge in [0.1, 0.15) is 12.3 Å². The SMILES string of the molecule is Cc1cc(OC(C)C)ccc1S(=O)(=O)N1CC=C(c2cn(CC(=O)O)c3ccc(Cl)cc23)CC1. The lowest BCUT2D eigenvalue weighted by atomic mass is 10.00. The van der Waals surface area contributed by atoms with E-state index in [1.807, 2.05) is 32.2 Å². The number of benzene rings is 2. The third-order valence-corrected chi connectivity index (χ3v) is 8.06. The standard InChI is InChI=1S/C25H27ClN2O5S/c1-16(2)33-20-5-7-24(17(3)12-20)34(31,32)28-10-8-18(9-11-28)22-14-27(15-25(29)30)23-6-4-19(26)13-21(22)23/h4-8,12-14,16H,9-11,15H2,1-3H3,(H,29,30). The van der Waals surface area contributed by atoms with Gasteiger partial charge in [-0.3, -0.25) is 4.79 Å². The molecule has 0 atom stereocenters. The Balaban J connectivity index is 1.62. The summed E-state index contributed by atoms with van der Waals surface area (Å²) in [7, 11) is -3.67. The van der Waals surface area contributed by atoms with Crippen molar-refractivity contribution in [2.24, 2.45) is 0 Å². The van der Waals surface area contributed by atoms with Crippen LogP contribution in [0.25, 0.3) is 16.5 Å². The zero-order valence-corrected chi connectivity index (χ0v) is 20.9. The van der Waals surface area contributed by atoms with E-state index >= 15 is 0 Å². The van der Waals surface area contributed by atoms with E-state index in [9.17, 15) is 18.3 Å². The maximum absolute atomic E-state index is 13.3. The zero-order valence-electron chi connectivity index (χ0n) is 19.3. The second-order valence-corrected chi connectivity index (χ2v) is 11.0. The Morgan fingerprint density at radius 3 is 2.59 bits per heavy atom. The van der Waals surface area contributed by atoms with Crippen molar-refractivity contribution >= 4 is 44.1 Å². The Morgan fingerprint density at radius 1 is 1.21 bits per heavy atom. The Hall–Kier alpha value is -2.81. The number of ether oxygens (including phenoxy) is 1. The van der Waals surface area contributed by atoms with Crippen molar-refractivity contribution in [1.29, 1.82) is 0 Å². The molecule has 0 aliphatic carbocycles. The maximum Gasteiger partial charge on any atom is 0.323 e. The van der Waals surface area contributed by atoms with Gasteiger partial charge in [-0.05, 0) is 74.7 Å². The van der Waals surface area contributed by atoms with Gasteiger partial charge in [0.25, 0.3) is 0 Å². The van der Waals surface area contributed by atoms with Gasteiger partial charge < -0.3 is 14.4 Å². The molecular formula is C25H27ClN2O5S. The van der Waals surface area contributed by atoms with Crippen molar-refractivity contribution in [2.75, 3.05) is 13.1 Å². The molecule has 0 saturated heterocycles. The zero-order chi connectivity index (χ0) is 24.6. The van der Waals surface area contributed by atoms with E-state index in [0.29, 0.717) is 29.3 Å². The number of hydrogen-bond acceptors (Lipinski definition) is 4. The molecule has 4 rings (SSSR count). The molecule has 2 heterocycles. The van der Waals surface area contributed by atoms with Crippen LogP contribution in [-0.4, -0.2) is 47.6 Å². The Bertz CT molecular complexity index is 1390. The number of fused-ring (bicyclic) bond motifs is 1. The van der Waals surface area contributed by atoms with Crippen LogP contribution in [0.4, 0.5) is 0 Å². The molecule has 0 radical (unpaired) electrons. The van der Waals surface area contributed by atoms with E-state index in [0.717, 1.165) is 22.0 Å². The van der Waals surface area contributed by atoms with E-state index in [4.69, 9.17) is 16.3 Å². The molecule has 1 aliphatic heterocycles. The Kier molecular flexibility index (Phi) is 6.75. The van der Waals surface area contributed by atoms with Crippen molar-refractivity contribution in [3.05, 3.63) is 64.8 Å². The fraction of sp³-hybridized carbons (Fsp3) is 0.320. The number of aliphatic carboxylic acids is 1. The van der Waals surface area contributed by atoms with Gasteiger partial charge in [-0.2, -0.15) is 4.31 Å². The fourth-order valence-electron chi connectivity index (χ4n) is 4.31. The summed E-state index contributed by atoms with van der Waals surface area (Å²) in [5.41, 5.74) is 3.26. The molecule has 1 N–H and O–H groups in total. The quantitative estimate of drug-likeness (QED) is 0.493. The van der Waals surface area contributed by atoms with Crippen LogP contribution < -0.4 is 4.74 Å². The van der Waals surface area contributed by atoms with Crippen molar-refractivity contribution in [2.45, 2.75) is 44.7 Å². The second kappa shape index (κ2) is 9.44. The molecule has 0 unspecified atom stereocenters. The molecule has 1 aliphatic rings. The number of aromatic nitrogens is 1. The van der Waals surface area contributed by atoms with Gasteiger partial charge in [0.2, 0.25) is 10.0 Å². The number of aryl methyl sites for hydroxylation is 1. The molecule has 2 aromatic carbocycles. The molecule has 0 spiro atoms. The minimum absolute atomic E-state index is 0.00355. The Morgan fingerprint density at radius 2 is 1.97 bits per heavy atom. The van der Waals surface area contributed by atoms with Crippen molar-refractivity contribution < 1.29 is 23.1 Å². The molecular weight excluding hydrogens is 476 g/mol. The van der Waals surface area contributed by atoms with E-state index in [-0.39, 0.29) is 24.1 Å². The summed E-state index contributed by atoms with van der Waals surface area (Å²) < 4.78 is 35.5. The first-order valence-corrected chi connectivity index (χ1v) is 12.8. The summed E-state index contributed by atoms with van der Waals surface area (Å²) in [6, 6.07) is 10.4. The van der Waals surface area contributed by atoms with E-state index in [1.54, 1.807) is 41.8 Å². The third kappa shape index (κ3) is 4.85. The fourth-order valence-corrected chi connectivity index (χ4v) is 6.07. The summed E-state index contributed by atoms with van der Waals surface area (Å²) >= 11 is 6.21. The summed E-state index contributed by atoms with van der Waals surface area (Å²) in [4.78, 5) is 11.6. The molecule has 34 heavy (non-hydrogen) atoms. The number of hydrogen-bond donors (Lipinski definition) is 1. The number of sulfonamides is 1. The third-order valence-electron chi connectivity index (χ3n) is 5.80. The monoisotopic (exact) mass is 502 g/mol. The van der Waals surface area contributed by atoms with E-state index in [2.05, 4.69) is 0 Å². The van der Waals surface area contributed by atoms with Crippen molar-refractivity contribution in [3.63, 3.8) is 0 Å². The van der Waals surface area contributed by atoms with Crippen LogP contribution in [0.15, 0.2) is 53.6 Å². The van der Waals surface area contributed by atoms with E-state index < -0.39 is 16.0 Å². The topological polar surface area (TPSA) is 88.8 Å². The highest BCUT2D eigenvalue weighted by Crippen LogP contribution is 2.34. The lowest BCUT2D eigenvalue weighted by Crippen LogP contribution is -2.35. The number of carboxylic acid groups (broad SMARTS) is 1. The molecule has 0 saturated carbocycles. The molecule has 9 heteroatoms. The van der Waals surface area contributed by atoms with Crippen LogP contribution in [0.2, 0.25) is 5.02 Å². The molecule has 7 nitrogen and oxygen atoms in total. The van der Waals surface area contributed by atoms with E-state index in [1.165, 1.54) is 4.31 Å². The largest absolute Gasteiger partial charge is 0.491 e. The second-order valence-electron chi connectivity index (χ2n) is 8.66. The molecule has 0 fully saturated rings. The highest BCUT2D eigenvalue weighted by molar-refractivity contribution is 7.89. The lowest BCUT2D eigenvalue weighted by molar-refractivity contribution is -0.137. The van der Waals surface area contributed by atoms with Crippen molar-refractivity contribution in [1.82, 2.24) is 8.87 Å². The Labute approximate surface area is 204 Å². The van der Waals surface area contributed by atoms with Gasteiger partial charge >= 0.3 is 5.97 Å². The number of rotatable bonds is 7. The lowest BCUT2D eigenvalue weighted by Gasteiger charge is -2.26. The van der Waals surface area contributed by atoms with Crippen LogP contribution in [0.5, 0.6) is 5.75 Å². The first-order chi connectivity index (χ1) is 16.1. The number of carboxylic acids is 1. The predicted molar refractivity (Wildman–Crippen MR) is 133 cm³/mol. The van der Waals surface area contributed by atoms with Crippen LogP contribution in [0, 0.1) is 6.92 Å². The van der Waals surface area contributed by atoms with Crippen LogP contribution in [0.3, 0.4) is 0 Å². The van der Waals surface area contributed by atoms with Gasteiger partial charge in [0, 0.05) is 40.8 Å². The summed E-state index contributed by atoms with van der Waals surface area (Å²) in [5.74, 6) is -0.294. The van der Waals surface area contributed by atoms with Gasteiger partial charge in [-0.1, -0.05) is 17.7 Å². The molecule has 1 aromatic heterocycles. The maximum atomic E-state index is 13.3. The summed E-state index contributed by atoms with van der Waals surface area (Å²) in [6.45, 7) is 6.00. The summed E-state index contributed by atoms with van der Waals surface area (Å²) in [5, 5.41) is 10.7. The van der Waals surface area contributed by atoms with Gasteiger partial charge in [0.05, 0.1) is 11.0 Å². The van der Waals surface area contributed by atoms with Gasteiger partial charge in [-0.15, -0.1) is 0 Å². The molecule has 0 bridgehead atoms. The van der Waals surface area contributed by atoms with Crippen molar-refractivity contribution in [3.8, 4) is 5.75 Å².